The Kier molecular flexibility index (Phi) is 4.05. The lowest BCUT2D eigenvalue weighted by atomic mass is 10.3. The van der Waals surface area contributed by atoms with Gasteiger partial charge < -0.3 is 4.90 Å². The molecule has 0 atom stereocenters. The molecule has 1 aliphatic carbocycles. The lowest BCUT2D eigenvalue weighted by molar-refractivity contribution is -0.139. The lowest BCUT2D eigenvalue weighted by Crippen LogP contribution is -2.37. The Labute approximate surface area is 127 Å². The number of hydrogen-bond donors (Lipinski definition) is 0. The Morgan fingerprint density at radius 1 is 1.29 bits per heavy atom. The standard InChI is InChI=1S/C15H18N2O3S/c18-13-5-6-14(19)16(13)8-7-15(20)17(11-3-4-11)10-12-2-1-9-21-12/h1-2,9,11H,3-8,10H2. The average molecular weight is 306 g/mol. The minimum Gasteiger partial charge on any atom is -0.335 e. The topological polar surface area (TPSA) is 57.7 Å². The molecular weight excluding hydrogens is 288 g/mol. The predicted octanol–water partition coefficient (Wildman–Crippen LogP) is 1.78. The fourth-order valence-electron chi connectivity index (χ4n) is 2.60. The average Bonchev–Trinajstić information content (AvgIpc) is 3.08. The van der Waals surface area contributed by atoms with Crippen LogP contribution >= 0.6 is 11.3 Å². The molecule has 5 nitrogen and oxygen atoms in total. The van der Waals surface area contributed by atoms with Crippen LogP contribution in [0.5, 0.6) is 0 Å². The summed E-state index contributed by atoms with van der Waals surface area (Å²) in [4.78, 5) is 39.8. The van der Waals surface area contributed by atoms with E-state index in [1.54, 1.807) is 11.3 Å². The number of carbonyl (C=O) groups is 3. The van der Waals surface area contributed by atoms with Gasteiger partial charge in [-0.15, -0.1) is 11.3 Å². The number of likely N-dealkylation sites (tertiary alicyclic amines) is 1. The van der Waals surface area contributed by atoms with Crippen molar-refractivity contribution in [3.8, 4) is 0 Å². The van der Waals surface area contributed by atoms with E-state index in [-0.39, 0.29) is 43.5 Å². The molecule has 2 heterocycles. The van der Waals surface area contributed by atoms with Gasteiger partial charge in [0.2, 0.25) is 17.7 Å². The Balaban J connectivity index is 1.57. The first-order valence-corrected chi connectivity index (χ1v) is 8.18. The molecule has 1 saturated carbocycles. The van der Waals surface area contributed by atoms with E-state index in [2.05, 4.69) is 0 Å². The summed E-state index contributed by atoms with van der Waals surface area (Å²) in [6.07, 6.45) is 2.92. The van der Waals surface area contributed by atoms with Crippen LogP contribution in [-0.2, 0) is 20.9 Å². The zero-order chi connectivity index (χ0) is 14.8. The molecule has 1 aliphatic heterocycles. The largest absolute Gasteiger partial charge is 0.335 e. The van der Waals surface area contributed by atoms with E-state index >= 15 is 0 Å². The zero-order valence-corrected chi connectivity index (χ0v) is 12.6. The molecule has 1 aromatic heterocycles. The summed E-state index contributed by atoms with van der Waals surface area (Å²) < 4.78 is 0. The van der Waals surface area contributed by atoms with Crippen molar-refractivity contribution in [2.24, 2.45) is 0 Å². The highest BCUT2D eigenvalue weighted by molar-refractivity contribution is 7.09. The van der Waals surface area contributed by atoms with Crippen molar-refractivity contribution in [1.29, 1.82) is 0 Å². The summed E-state index contributed by atoms with van der Waals surface area (Å²) in [6, 6.07) is 4.35. The fraction of sp³-hybridized carbons (Fsp3) is 0.533. The molecule has 1 aromatic rings. The molecule has 21 heavy (non-hydrogen) atoms. The fourth-order valence-corrected chi connectivity index (χ4v) is 3.30. The second-order valence-corrected chi connectivity index (χ2v) is 6.55. The number of nitrogens with zero attached hydrogens (tertiary/aromatic N) is 2. The van der Waals surface area contributed by atoms with Crippen LogP contribution in [0.25, 0.3) is 0 Å². The lowest BCUT2D eigenvalue weighted by Gasteiger charge is -2.23. The molecule has 2 aliphatic rings. The van der Waals surface area contributed by atoms with Gasteiger partial charge in [-0.3, -0.25) is 19.3 Å². The predicted molar refractivity (Wildman–Crippen MR) is 78.5 cm³/mol. The van der Waals surface area contributed by atoms with Crippen LogP contribution in [0.1, 0.15) is 37.0 Å². The van der Waals surface area contributed by atoms with Gasteiger partial charge in [-0.05, 0) is 24.3 Å². The van der Waals surface area contributed by atoms with Gasteiger partial charge in [-0.25, -0.2) is 0 Å². The molecule has 0 bridgehead atoms. The third-order valence-corrected chi connectivity index (χ3v) is 4.78. The molecule has 2 fully saturated rings. The van der Waals surface area contributed by atoms with Gasteiger partial charge in [0, 0.05) is 36.7 Å². The van der Waals surface area contributed by atoms with Gasteiger partial charge in [-0.1, -0.05) is 6.07 Å². The second-order valence-electron chi connectivity index (χ2n) is 5.52. The molecule has 0 spiro atoms. The number of rotatable bonds is 6. The Bertz CT molecular complexity index is 535. The maximum Gasteiger partial charge on any atom is 0.229 e. The van der Waals surface area contributed by atoms with Crippen molar-refractivity contribution in [2.45, 2.75) is 44.7 Å². The monoisotopic (exact) mass is 306 g/mol. The number of carbonyl (C=O) groups excluding carboxylic acids is 3. The van der Waals surface area contributed by atoms with Crippen LogP contribution in [0.3, 0.4) is 0 Å². The van der Waals surface area contributed by atoms with E-state index in [1.807, 2.05) is 22.4 Å². The zero-order valence-electron chi connectivity index (χ0n) is 11.8. The van der Waals surface area contributed by atoms with Gasteiger partial charge >= 0.3 is 0 Å². The Hall–Kier alpha value is -1.69. The van der Waals surface area contributed by atoms with Crippen molar-refractivity contribution in [3.05, 3.63) is 22.4 Å². The minimum absolute atomic E-state index is 0.0402. The second kappa shape index (κ2) is 5.97. The van der Waals surface area contributed by atoms with E-state index in [4.69, 9.17) is 0 Å². The van der Waals surface area contributed by atoms with Crippen molar-refractivity contribution in [2.75, 3.05) is 6.54 Å². The molecular formula is C15H18N2O3S. The molecule has 1 saturated heterocycles. The molecule has 0 unspecified atom stereocenters. The van der Waals surface area contributed by atoms with E-state index in [9.17, 15) is 14.4 Å². The van der Waals surface area contributed by atoms with Crippen LogP contribution < -0.4 is 0 Å². The van der Waals surface area contributed by atoms with Gasteiger partial charge in [0.15, 0.2) is 0 Å². The van der Waals surface area contributed by atoms with Crippen molar-refractivity contribution < 1.29 is 14.4 Å². The van der Waals surface area contributed by atoms with Gasteiger partial charge in [0.25, 0.3) is 0 Å². The number of amides is 3. The number of thiophene rings is 1. The molecule has 3 amide bonds. The molecule has 112 valence electrons. The van der Waals surface area contributed by atoms with Crippen LogP contribution in [-0.4, -0.2) is 40.1 Å². The Morgan fingerprint density at radius 2 is 2.00 bits per heavy atom. The first-order chi connectivity index (χ1) is 10.1. The van der Waals surface area contributed by atoms with E-state index in [0.29, 0.717) is 12.6 Å². The molecule has 3 rings (SSSR count). The third-order valence-electron chi connectivity index (χ3n) is 3.92. The maximum atomic E-state index is 12.4. The smallest absolute Gasteiger partial charge is 0.229 e. The summed E-state index contributed by atoms with van der Waals surface area (Å²) in [5.41, 5.74) is 0. The van der Waals surface area contributed by atoms with Crippen molar-refractivity contribution >= 4 is 29.1 Å². The highest BCUT2D eigenvalue weighted by Crippen LogP contribution is 2.30. The first-order valence-electron chi connectivity index (χ1n) is 7.30. The van der Waals surface area contributed by atoms with Gasteiger partial charge in [-0.2, -0.15) is 0 Å². The first kappa shape index (κ1) is 14.3. The normalized spacial score (nSPS) is 18.4. The van der Waals surface area contributed by atoms with E-state index in [0.717, 1.165) is 12.8 Å². The summed E-state index contributed by atoms with van der Waals surface area (Å²) in [6.45, 7) is 0.868. The van der Waals surface area contributed by atoms with E-state index in [1.165, 1.54) is 9.78 Å². The van der Waals surface area contributed by atoms with E-state index < -0.39 is 0 Å². The van der Waals surface area contributed by atoms with Gasteiger partial charge in [0.1, 0.15) is 0 Å². The molecule has 0 N–H and O–H groups in total. The van der Waals surface area contributed by atoms with Crippen LogP contribution in [0.15, 0.2) is 17.5 Å². The quantitative estimate of drug-likeness (QED) is 0.753. The van der Waals surface area contributed by atoms with Crippen molar-refractivity contribution in [3.63, 3.8) is 0 Å². The summed E-state index contributed by atoms with van der Waals surface area (Å²) in [7, 11) is 0. The summed E-state index contributed by atoms with van der Waals surface area (Å²) >= 11 is 1.65. The van der Waals surface area contributed by atoms with Crippen LogP contribution in [0.4, 0.5) is 0 Å². The van der Waals surface area contributed by atoms with Crippen LogP contribution in [0.2, 0.25) is 0 Å². The SMILES string of the molecule is O=C1CCC(=O)N1CCC(=O)N(Cc1cccs1)C1CC1. The molecule has 0 aromatic carbocycles. The highest BCUT2D eigenvalue weighted by atomic mass is 32.1. The molecule has 0 radical (unpaired) electrons. The Morgan fingerprint density at radius 3 is 2.57 bits per heavy atom. The number of imide groups is 1. The summed E-state index contributed by atoms with van der Waals surface area (Å²) in [5, 5.41) is 2.01. The number of hydrogen-bond acceptors (Lipinski definition) is 4. The highest BCUT2D eigenvalue weighted by Gasteiger charge is 2.34. The van der Waals surface area contributed by atoms with Crippen molar-refractivity contribution in [1.82, 2.24) is 9.80 Å². The van der Waals surface area contributed by atoms with Crippen LogP contribution in [0, 0.1) is 0 Å². The minimum atomic E-state index is -0.149. The summed E-state index contributed by atoms with van der Waals surface area (Å²) in [5.74, 6) is -0.258. The maximum absolute atomic E-state index is 12.4. The molecule has 6 heteroatoms. The van der Waals surface area contributed by atoms with Gasteiger partial charge in [0.05, 0.1) is 6.54 Å². The third kappa shape index (κ3) is 3.32.